The van der Waals surface area contributed by atoms with Crippen molar-refractivity contribution in [3.63, 3.8) is 0 Å². The van der Waals surface area contributed by atoms with Crippen LogP contribution in [0.15, 0.2) is 59.7 Å². The zero-order valence-corrected chi connectivity index (χ0v) is 16.8. The number of thiazole rings is 1. The molecule has 7 heteroatoms. The van der Waals surface area contributed by atoms with Gasteiger partial charge in [0.05, 0.1) is 10.4 Å². The fourth-order valence-electron chi connectivity index (χ4n) is 4.26. The van der Waals surface area contributed by atoms with E-state index in [1.54, 1.807) is 18.5 Å². The van der Waals surface area contributed by atoms with E-state index in [4.69, 9.17) is 0 Å². The van der Waals surface area contributed by atoms with E-state index in [9.17, 15) is 9.59 Å². The van der Waals surface area contributed by atoms with Crippen LogP contribution in [0.2, 0.25) is 0 Å². The molecule has 0 aliphatic carbocycles. The second-order valence-corrected chi connectivity index (χ2v) is 8.73. The molecule has 6 nitrogen and oxygen atoms in total. The number of pyridine rings is 1. The topological polar surface area (TPSA) is 67.2 Å². The highest BCUT2D eigenvalue weighted by molar-refractivity contribution is 7.17. The fourth-order valence-corrected chi connectivity index (χ4v) is 5.17. The SMILES string of the molecule is O=C(NC1CN2CCC1CC2)c1ccc(=O)n(-c2ncc(-c3ccccc3)s2)c1. The second-order valence-electron chi connectivity index (χ2n) is 7.72. The van der Waals surface area contributed by atoms with Gasteiger partial charge in [0.1, 0.15) is 0 Å². The van der Waals surface area contributed by atoms with E-state index >= 15 is 0 Å². The smallest absolute Gasteiger partial charge is 0.256 e. The molecule has 1 N–H and O–H groups in total. The van der Waals surface area contributed by atoms with E-state index in [0.717, 1.165) is 42.9 Å². The van der Waals surface area contributed by atoms with E-state index in [2.05, 4.69) is 15.2 Å². The normalized spacial score (nSPS) is 23.1. The van der Waals surface area contributed by atoms with Gasteiger partial charge in [0.25, 0.3) is 11.5 Å². The number of nitrogens with one attached hydrogen (secondary N) is 1. The monoisotopic (exact) mass is 406 g/mol. The molecule has 1 atom stereocenters. The maximum absolute atomic E-state index is 12.8. The number of aromatic nitrogens is 2. The third-order valence-electron chi connectivity index (χ3n) is 5.90. The Balaban J connectivity index is 1.38. The standard InChI is InChI=1S/C22H22N4O2S/c27-20-7-6-17(21(28)24-18-14-25-10-8-15(18)9-11-25)13-26(20)22-23-12-19(29-22)16-4-2-1-3-5-16/h1-7,12-13,15,18H,8-11,14H2,(H,24,28). The molecule has 0 spiro atoms. The fraction of sp³-hybridized carbons (Fsp3) is 0.318. The Hall–Kier alpha value is -2.77. The minimum atomic E-state index is -0.196. The van der Waals surface area contributed by atoms with Gasteiger partial charge in [-0.25, -0.2) is 4.98 Å². The molecule has 6 rings (SSSR count). The lowest BCUT2D eigenvalue weighted by atomic mass is 9.84. The minimum absolute atomic E-state index is 0.127. The van der Waals surface area contributed by atoms with Crippen LogP contribution in [0.4, 0.5) is 0 Å². The van der Waals surface area contributed by atoms with E-state index in [0.29, 0.717) is 16.6 Å². The van der Waals surface area contributed by atoms with Crippen LogP contribution in [0.1, 0.15) is 23.2 Å². The van der Waals surface area contributed by atoms with Gasteiger partial charge in [-0.2, -0.15) is 0 Å². The lowest BCUT2D eigenvalue weighted by molar-refractivity contribution is 0.0620. The van der Waals surface area contributed by atoms with Crippen LogP contribution in [0, 0.1) is 5.92 Å². The summed E-state index contributed by atoms with van der Waals surface area (Å²) in [5.41, 5.74) is 1.34. The Kier molecular flexibility index (Phi) is 4.77. The predicted octanol–water partition coefficient (Wildman–Crippen LogP) is 2.79. The Bertz CT molecular complexity index is 1080. The molecule has 148 valence electrons. The van der Waals surface area contributed by atoms with Crippen LogP contribution in [0.25, 0.3) is 15.6 Å². The molecule has 5 heterocycles. The van der Waals surface area contributed by atoms with E-state index < -0.39 is 0 Å². The van der Waals surface area contributed by atoms with Gasteiger partial charge < -0.3 is 10.2 Å². The van der Waals surface area contributed by atoms with Crippen LogP contribution >= 0.6 is 11.3 Å². The van der Waals surface area contributed by atoms with Crippen molar-refractivity contribution in [2.45, 2.75) is 18.9 Å². The van der Waals surface area contributed by atoms with Crippen molar-refractivity contribution >= 4 is 17.2 Å². The summed E-state index contributed by atoms with van der Waals surface area (Å²) in [6.45, 7) is 3.19. The number of rotatable bonds is 4. The quantitative estimate of drug-likeness (QED) is 0.724. The van der Waals surface area contributed by atoms with Crippen LogP contribution in [0.3, 0.4) is 0 Å². The van der Waals surface area contributed by atoms with Crippen LogP contribution in [-0.2, 0) is 0 Å². The van der Waals surface area contributed by atoms with Crippen molar-refractivity contribution in [1.82, 2.24) is 19.8 Å². The number of carbonyl (C=O) groups excluding carboxylic acids is 1. The molecular weight excluding hydrogens is 384 g/mol. The molecule has 29 heavy (non-hydrogen) atoms. The maximum Gasteiger partial charge on any atom is 0.256 e. The molecule has 0 saturated carbocycles. The van der Waals surface area contributed by atoms with Crippen molar-refractivity contribution < 1.29 is 4.79 Å². The summed E-state index contributed by atoms with van der Waals surface area (Å²) in [6.07, 6.45) is 5.66. The molecule has 1 unspecified atom stereocenters. The molecule has 3 aliphatic heterocycles. The average Bonchev–Trinajstić information content (AvgIpc) is 3.25. The summed E-state index contributed by atoms with van der Waals surface area (Å²) in [4.78, 5) is 33.1. The maximum atomic E-state index is 12.8. The van der Waals surface area contributed by atoms with Gasteiger partial charge in [0.2, 0.25) is 0 Å². The summed E-state index contributed by atoms with van der Waals surface area (Å²) in [6, 6.07) is 13.2. The summed E-state index contributed by atoms with van der Waals surface area (Å²) in [5, 5.41) is 3.74. The van der Waals surface area contributed by atoms with Crippen molar-refractivity contribution in [1.29, 1.82) is 0 Å². The van der Waals surface area contributed by atoms with Gasteiger partial charge in [-0.3, -0.25) is 14.2 Å². The van der Waals surface area contributed by atoms with Crippen molar-refractivity contribution in [3.05, 3.63) is 70.8 Å². The first-order chi connectivity index (χ1) is 14.2. The van der Waals surface area contributed by atoms with Gasteiger partial charge in [-0.1, -0.05) is 41.7 Å². The number of benzene rings is 1. The van der Waals surface area contributed by atoms with Crippen molar-refractivity contribution in [2.24, 2.45) is 5.92 Å². The molecular formula is C22H22N4O2S. The zero-order chi connectivity index (χ0) is 19.8. The first-order valence-corrected chi connectivity index (χ1v) is 10.8. The number of fused-ring (bicyclic) bond motifs is 3. The molecule has 3 saturated heterocycles. The summed E-state index contributed by atoms with van der Waals surface area (Å²) in [7, 11) is 0. The molecule has 1 aromatic carbocycles. The number of hydrogen-bond acceptors (Lipinski definition) is 5. The molecule has 3 fully saturated rings. The van der Waals surface area contributed by atoms with Crippen molar-refractivity contribution in [2.75, 3.05) is 19.6 Å². The summed E-state index contributed by atoms with van der Waals surface area (Å²) in [5.74, 6) is 0.430. The molecule has 1 amide bonds. The molecule has 2 bridgehead atoms. The number of hydrogen-bond donors (Lipinski definition) is 1. The Morgan fingerprint density at radius 3 is 2.62 bits per heavy atom. The van der Waals surface area contributed by atoms with Gasteiger partial charge in [-0.05, 0) is 43.5 Å². The predicted molar refractivity (Wildman–Crippen MR) is 114 cm³/mol. The van der Waals surface area contributed by atoms with E-state index in [-0.39, 0.29) is 17.5 Å². The van der Waals surface area contributed by atoms with Crippen LogP contribution < -0.4 is 10.9 Å². The van der Waals surface area contributed by atoms with Gasteiger partial charge in [0, 0.05) is 31.0 Å². The van der Waals surface area contributed by atoms with Crippen molar-refractivity contribution in [3.8, 4) is 15.6 Å². The minimum Gasteiger partial charge on any atom is -0.348 e. The highest BCUT2D eigenvalue weighted by Gasteiger charge is 2.35. The third-order valence-corrected chi connectivity index (χ3v) is 6.95. The van der Waals surface area contributed by atoms with E-state index in [1.165, 1.54) is 22.0 Å². The number of amides is 1. The first-order valence-electron chi connectivity index (χ1n) is 9.95. The second kappa shape index (κ2) is 7.57. The lowest BCUT2D eigenvalue weighted by Gasteiger charge is -2.44. The number of nitrogens with zero attached hydrogens (tertiary/aromatic N) is 3. The molecule has 3 aromatic rings. The summed E-state index contributed by atoms with van der Waals surface area (Å²) < 4.78 is 1.46. The Labute approximate surface area is 172 Å². The average molecular weight is 407 g/mol. The highest BCUT2D eigenvalue weighted by Crippen LogP contribution is 2.28. The van der Waals surface area contributed by atoms with E-state index in [1.807, 2.05) is 30.3 Å². The number of carbonyl (C=O) groups is 1. The molecule has 3 aliphatic rings. The van der Waals surface area contributed by atoms with Crippen LogP contribution in [0.5, 0.6) is 0 Å². The lowest BCUT2D eigenvalue weighted by Crippen LogP contribution is -2.57. The number of piperidine rings is 3. The van der Waals surface area contributed by atoms with Crippen LogP contribution in [-0.4, -0.2) is 46.0 Å². The van der Waals surface area contributed by atoms with Gasteiger partial charge in [-0.15, -0.1) is 0 Å². The van der Waals surface area contributed by atoms with Gasteiger partial charge in [0.15, 0.2) is 5.13 Å². The van der Waals surface area contributed by atoms with Gasteiger partial charge >= 0.3 is 0 Å². The molecule has 2 aromatic heterocycles. The first kappa shape index (κ1) is 18.3. The Morgan fingerprint density at radius 1 is 1.10 bits per heavy atom. The summed E-state index contributed by atoms with van der Waals surface area (Å²) >= 11 is 1.43. The largest absolute Gasteiger partial charge is 0.348 e. The third kappa shape index (κ3) is 3.63. The highest BCUT2D eigenvalue weighted by atomic mass is 32.1. The molecule has 0 radical (unpaired) electrons. The zero-order valence-electron chi connectivity index (χ0n) is 16.0. The Morgan fingerprint density at radius 2 is 1.90 bits per heavy atom.